The number of carbonyl (C=O) groups excluding carboxylic acids is 1. The minimum atomic E-state index is -0.476. The first kappa shape index (κ1) is 16.0. The van der Waals surface area contributed by atoms with Gasteiger partial charge in [0.05, 0.1) is 0 Å². The molecule has 0 atom stereocenters. The Hall–Kier alpha value is -1.03. The van der Waals surface area contributed by atoms with Gasteiger partial charge in [0.1, 0.15) is 5.60 Å². The van der Waals surface area contributed by atoms with Crippen LogP contribution in [0.1, 0.15) is 40.2 Å². The smallest absolute Gasteiger partial charge is 0.408 e. The molecule has 1 amide bonds. The highest BCUT2D eigenvalue weighted by Crippen LogP contribution is 2.18. The van der Waals surface area contributed by atoms with Gasteiger partial charge in [-0.1, -0.05) is 28.1 Å². The molecular weight excluding hydrogens is 306 g/mol. The van der Waals surface area contributed by atoms with Crippen molar-refractivity contribution in [2.24, 2.45) is 0 Å². The van der Waals surface area contributed by atoms with Crippen LogP contribution in [-0.4, -0.2) is 17.2 Å². The summed E-state index contributed by atoms with van der Waals surface area (Å²) in [5, 5.41) is 2.90. The summed E-state index contributed by atoms with van der Waals surface area (Å²) in [6, 6.07) is 8.07. The zero-order valence-corrected chi connectivity index (χ0v) is 13.8. The molecule has 4 heteroatoms. The number of nitrogens with one attached hydrogen (secondary N) is 1. The van der Waals surface area contributed by atoms with Gasteiger partial charge in [-0.25, -0.2) is 4.79 Å². The summed E-state index contributed by atoms with van der Waals surface area (Å²) >= 11 is 3.45. The van der Waals surface area contributed by atoms with Crippen molar-refractivity contribution in [2.75, 3.05) is 0 Å². The predicted octanol–water partition coefficient (Wildman–Crippen LogP) is 4.29. The maximum Gasteiger partial charge on any atom is 0.408 e. The van der Waals surface area contributed by atoms with E-state index in [2.05, 4.69) is 27.3 Å². The van der Waals surface area contributed by atoms with Crippen molar-refractivity contribution in [3.8, 4) is 0 Å². The first-order valence-corrected chi connectivity index (χ1v) is 7.12. The highest BCUT2D eigenvalue weighted by Gasteiger charge is 2.24. The molecule has 106 valence electrons. The molecule has 1 aromatic carbocycles. The summed E-state index contributed by atoms with van der Waals surface area (Å²) in [4.78, 5) is 11.8. The van der Waals surface area contributed by atoms with Crippen LogP contribution in [0.25, 0.3) is 0 Å². The molecule has 0 bridgehead atoms. The molecule has 0 aliphatic heterocycles. The lowest BCUT2D eigenvalue weighted by atomic mass is 9.95. The monoisotopic (exact) mass is 327 g/mol. The molecule has 0 heterocycles. The van der Waals surface area contributed by atoms with Gasteiger partial charge in [-0.2, -0.15) is 0 Å². The van der Waals surface area contributed by atoms with E-state index in [-0.39, 0.29) is 11.6 Å². The number of rotatable bonds is 3. The summed E-state index contributed by atoms with van der Waals surface area (Å²) in [5.41, 5.74) is 0.328. The zero-order chi connectivity index (χ0) is 14.7. The fourth-order valence-corrected chi connectivity index (χ4v) is 2.23. The molecule has 0 spiro atoms. The summed E-state index contributed by atoms with van der Waals surface area (Å²) in [5.74, 6) is 0. The predicted molar refractivity (Wildman–Crippen MR) is 81.3 cm³/mol. The molecule has 0 radical (unpaired) electrons. The second-order valence-corrected chi connectivity index (χ2v) is 7.23. The zero-order valence-electron chi connectivity index (χ0n) is 12.2. The quantitative estimate of drug-likeness (QED) is 0.899. The number of hydrogen-bond donors (Lipinski definition) is 1. The second-order valence-electron chi connectivity index (χ2n) is 6.32. The van der Waals surface area contributed by atoms with Gasteiger partial charge in [-0.15, -0.1) is 0 Å². The SMILES string of the molecule is CC(C)(Cc1cccc(Br)c1)NC(=O)OC(C)(C)C. The number of ether oxygens (including phenoxy) is 1. The van der Waals surface area contributed by atoms with Crippen molar-refractivity contribution >= 4 is 22.0 Å². The maximum absolute atomic E-state index is 11.8. The molecular formula is C15H22BrNO2. The fourth-order valence-electron chi connectivity index (χ4n) is 1.78. The molecule has 0 saturated carbocycles. The van der Waals surface area contributed by atoms with Crippen LogP contribution in [0.5, 0.6) is 0 Å². The van der Waals surface area contributed by atoms with Crippen LogP contribution in [-0.2, 0) is 11.2 Å². The number of halogens is 1. The molecule has 0 aliphatic carbocycles. The number of alkyl carbamates (subject to hydrolysis) is 1. The lowest BCUT2D eigenvalue weighted by Crippen LogP contribution is -2.47. The molecule has 0 aromatic heterocycles. The highest BCUT2D eigenvalue weighted by molar-refractivity contribution is 9.10. The van der Waals surface area contributed by atoms with Crippen LogP contribution in [0.2, 0.25) is 0 Å². The normalized spacial score (nSPS) is 12.1. The van der Waals surface area contributed by atoms with Crippen LogP contribution in [0.15, 0.2) is 28.7 Å². The van der Waals surface area contributed by atoms with Gasteiger partial charge in [0.2, 0.25) is 0 Å². The Labute approximate surface area is 123 Å². The van der Waals surface area contributed by atoms with Crippen molar-refractivity contribution in [2.45, 2.75) is 52.2 Å². The van der Waals surface area contributed by atoms with Gasteiger partial charge in [0.25, 0.3) is 0 Å². The lowest BCUT2D eigenvalue weighted by molar-refractivity contribution is 0.0472. The van der Waals surface area contributed by atoms with Gasteiger partial charge in [0.15, 0.2) is 0 Å². The van der Waals surface area contributed by atoms with E-state index in [0.29, 0.717) is 0 Å². The summed E-state index contributed by atoms with van der Waals surface area (Å²) in [6.07, 6.45) is 0.360. The van der Waals surface area contributed by atoms with E-state index in [1.54, 1.807) is 0 Å². The van der Waals surface area contributed by atoms with Crippen molar-refractivity contribution in [1.82, 2.24) is 5.32 Å². The molecule has 1 rings (SSSR count). The first-order chi connectivity index (χ1) is 8.57. The molecule has 3 nitrogen and oxygen atoms in total. The first-order valence-electron chi connectivity index (χ1n) is 6.33. The number of carbonyl (C=O) groups is 1. The van der Waals surface area contributed by atoms with Gasteiger partial charge >= 0.3 is 6.09 Å². The second kappa shape index (κ2) is 5.95. The molecule has 0 aliphatic rings. The maximum atomic E-state index is 11.8. The van der Waals surface area contributed by atoms with E-state index >= 15 is 0 Å². The van der Waals surface area contributed by atoms with E-state index in [4.69, 9.17) is 4.74 Å². The lowest BCUT2D eigenvalue weighted by Gasteiger charge is -2.28. The van der Waals surface area contributed by atoms with Crippen molar-refractivity contribution < 1.29 is 9.53 Å². The molecule has 1 aromatic rings. The average molecular weight is 328 g/mol. The standard InChI is InChI=1S/C15H22BrNO2/c1-14(2,3)19-13(18)17-15(4,5)10-11-7-6-8-12(16)9-11/h6-9H,10H2,1-5H3,(H,17,18). The summed E-state index contributed by atoms with van der Waals surface area (Å²) < 4.78 is 6.32. The Morgan fingerprint density at radius 1 is 1.26 bits per heavy atom. The molecule has 1 N–H and O–H groups in total. The Bertz CT molecular complexity index is 450. The highest BCUT2D eigenvalue weighted by atomic mass is 79.9. The van der Waals surface area contributed by atoms with Gasteiger partial charge in [-0.05, 0) is 58.7 Å². The van der Waals surface area contributed by atoms with E-state index in [1.165, 1.54) is 0 Å². The van der Waals surface area contributed by atoms with E-state index < -0.39 is 5.60 Å². The molecule has 19 heavy (non-hydrogen) atoms. The molecule has 0 saturated heterocycles. The van der Waals surface area contributed by atoms with E-state index in [1.807, 2.05) is 52.8 Å². The third kappa shape index (κ3) is 6.62. The minimum absolute atomic E-state index is 0.358. The Morgan fingerprint density at radius 3 is 2.42 bits per heavy atom. The van der Waals surface area contributed by atoms with Crippen LogP contribution < -0.4 is 5.32 Å². The van der Waals surface area contributed by atoms with Gasteiger partial charge in [-0.3, -0.25) is 0 Å². The summed E-state index contributed by atoms with van der Waals surface area (Å²) in [7, 11) is 0. The van der Waals surface area contributed by atoms with Crippen molar-refractivity contribution in [1.29, 1.82) is 0 Å². The Kier molecular flexibility index (Phi) is 5.02. The number of hydrogen-bond acceptors (Lipinski definition) is 2. The average Bonchev–Trinajstić information content (AvgIpc) is 2.11. The van der Waals surface area contributed by atoms with Gasteiger partial charge in [0, 0.05) is 10.0 Å². The van der Waals surface area contributed by atoms with Gasteiger partial charge < -0.3 is 10.1 Å². The third-order valence-electron chi connectivity index (χ3n) is 2.37. The minimum Gasteiger partial charge on any atom is -0.444 e. The molecule has 0 unspecified atom stereocenters. The van der Waals surface area contributed by atoms with Crippen molar-refractivity contribution in [3.63, 3.8) is 0 Å². The fraction of sp³-hybridized carbons (Fsp3) is 0.533. The summed E-state index contributed by atoms with van der Waals surface area (Å²) in [6.45, 7) is 9.53. The van der Waals surface area contributed by atoms with Crippen LogP contribution >= 0.6 is 15.9 Å². The van der Waals surface area contributed by atoms with Crippen LogP contribution in [0.3, 0.4) is 0 Å². The Morgan fingerprint density at radius 2 is 1.89 bits per heavy atom. The van der Waals surface area contributed by atoms with Crippen molar-refractivity contribution in [3.05, 3.63) is 34.3 Å². The van der Waals surface area contributed by atoms with Crippen LogP contribution in [0.4, 0.5) is 4.79 Å². The largest absolute Gasteiger partial charge is 0.444 e. The van der Waals surface area contributed by atoms with E-state index in [0.717, 1.165) is 16.5 Å². The number of benzene rings is 1. The third-order valence-corrected chi connectivity index (χ3v) is 2.87. The topological polar surface area (TPSA) is 38.3 Å². The Balaban J connectivity index is 2.63. The van der Waals surface area contributed by atoms with Crippen LogP contribution in [0, 0.1) is 0 Å². The number of amides is 1. The van der Waals surface area contributed by atoms with E-state index in [9.17, 15) is 4.79 Å². The molecule has 0 fully saturated rings.